The molecule has 1 aliphatic heterocycles. The number of pyridine rings is 2. The molecular weight excluding hydrogens is 408 g/mol. The Morgan fingerprint density at radius 3 is 2.71 bits per heavy atom. The van der Waals surface area contributed by atoms with Crippen molar-refractivity contribution >= 4 is 39.1 Å². The minimum absolute atomic E-state index is 0.387. The maximum atomic E-state index is 4.75. The zero-order chi connectivity index (χ0) is 21.2. The van der Waals surface area contributed by atoms with E-state index < -0.39 is 0 Å². The molecule has 2 N–H and O–H groups in total. The van der Waals surface area contributed by atoms with Crippen LogP contribution >= 0.6 is 11.3 Å². The standard InChI is InChI=1S/C22H24N8S/c1-14(2)15-10-21(29-26-12-15)28-20-4-3-17-18(27-20)9-16(11-24-17)19-13-25-22(31-19)30-7-5-23-6-8-30/h3-4,9-14,23H,5-8H2,1-2H3,(H,27,28,29). The molecule has 0 aromatic carbocycles. The molecule has 1 fully saturated rings. The second kappa shape index (κ2) is 8.52. The number of aromatic nitrogens is 5. The molecule has 9 heteroatoms. The van der Waals surface area contributed by atoms with E-state index in [0.29, 0.717) is 17.6 Å². The monoisotopic (exact) mass is 432 g/mol. The first kappa shape index (κ1) is 19.8. The van der Waals surface area contributed by atoms with Crippen LogP contribution in [-0.4, -0.2) is 51.3 Å². The van der Waals surface area contributed by atoms with Gasteiger partial charge >= 0.3 is 0 Å². The molecule has 0 spiro atoms. The van der Waals surface area contributed by atoms with Gasteiger partial charge in [-0.15, -0.1) is 5.10 Å². The van der Waals surface area contributed by atoms with Crippen LogP contribution in [0, 0.1) is 0 Å². The molecule has 4 aromatic heterocycles. The number of thiazole rings is 1. The summed E-state index contributed by atoms with van der Waals surface area (Å²) in [6.45, 7) is 8.23. The highest BCUT2D eigenvalue weighted by molar-refractivity contribution is 7.18. The second-order valence-corrected chi connectivity index (χ2v) is 8.87. The molecule has 4 aromatic rings. The molecule has 0 aliphatic carbocycles. The molecule has 1 aliphatic rings. The maximum Gasteiger partial charge on any atom is 0.185 e. The molecule has 0 bridgehead atoms. The number of nitrogens with zero attached hydrogens (tertiary/aromatic N) is 6. The van der Waals surface area contributed by atoms with E-state index in [4.69, 9.17) is 4.98 Å². The predicted octanol–water partition coefficient (Wildman–Crippen LogP) is 3.82. The number of anilines is 3. The molecule has 31 heavy (non-hydrogen) atoms. The lowest BCUT2D eigenvalue weighted by Crippen LogP contribution is -2.43. The minimum Gasteiger partial charge on any atom is -0.346 e. The third-order valence-corrected chi connectivity index (χ3v) is 6.41. The molecule has 5 rings (SSSR count). The van der Waals surface area contributed by atoms with Crippen molar-refractivity contribution < 1.29 is 0 Å². The lowest BCUT2D eigenvalue weighted by atomic mass is 10.1. The molecule has 8 nitrogen and oxygen atoms in total. The van der Waals surface area contributed by atoms with Crippen LogP contribution in [0.4, 0.5) is 16.8 Å². The van der Waals surface area contributed by atoms with E-state index in [2.05, 4.69) is 55.6 Å². The number of rotatable bonds is 5. The second-order valence-electron chi connectivity index (χ2n) is 7.86. The Labute approximate surface area is 184 Å². The van der Waals surface area contributed by atoms with Crippen molar-refractivity contribution in [2.45, 2.75) is 19.8 Å². The molecule has 5 heterocycles. The average molecular weight is 433 g/mol. The van der Waals surface area contributed by atoms with E-state index in [9.17, 15) is 0 Å². The van der Waals surface area contributed by atoms with Crippen molar-refractivity contribution in [1.82, 2.24) is 30.5 Å². The summed E-state index contributed by atoms with van der Waals surface area (Å²) in [6, 6.07) is 7.95. The largest absolute Gasteiger partial charge is 0.346 e. The number of piperazine rings is 1. The number of hydrogen-bond acceptors (Lipinski definition) is 9. The quantitative estimate of drug-likeness (QED) is 0.492. The Morgan fingerprint density at radius 1 is 1.00 bits per heavy atom. The number of fused-ring (bicyclic) bond motifs is 1. The smallest absolute Gasteiger partial charge is 0.185 e. The number of hydrogen-bond donors (Lipinski definition) is 2. The van der Waals surface area contributed by atoms with Gasteiger partial charge in [-0.25, -0.2) is 9.97 Å². The third-order valence-electron chi connectivity index (χ3n) is 5.30. The Hall–Kier alpha value is -3.17. The van der Waals surface area contributed by atoms with Crippen molar-refractivity contribution in [2.75, 3.05) is 36.4 Å². The van der Waals surface area contributed by atoms with Crippen LogP contribution in [0.25, 0.3) is 21.5 Å². The molecule has 0 saturated carbocycles. The van der Waals surface area contributed by atoms with Crippen LogP contribution < -0.4 is 15.5 Å². The first-order valence-corrected chi connectivity index (χ1v) is 11.3. The summed E-state index contributed by atoms with van der Waals surface area (Å²) < 4.78 is 0. The van der Waals surface area contributed by atoms with Gasteiger partial charge < -0.3 is 15.5 Å². The molecule has 0 amide bonds. The van der Waals surface area contributed by atoms with Gasteiger partial charge in [0.05, 0.1) is 22.1 Å². The van der Waals surface area contributed by atoms with E-state index in [0.717, 1.165) is 58.3 Å². The van der Waals surface area contributed by atoms with Crippen molar-refractivity contribution in [3.05, 3.63) is 48.4 Å². The highest BCUT2D eigenvalue weighted by atomic mass is 32.1. The Bertz CT molecular complexity index is 1200. The Morgan fingerprint density at radius 2 is 1.87 bits per heavy atom. The van der Waals surface area contributed by atoms with Crippen molar-refractivity contribution in [1.29, 1.82) is 0 Å². The fourth-order valence-corrected chi connectivity index (χ4v) is 4.45. The van der Waals surface area contributed by atoms with Gasteiger partial charge in [-0.2, -0.15) is 5.10 Å². The first-order valence-electron chi connectivity index (χ1n) is 10.4. The normalized spacial score (nSPS) is 14.4. The van der Waals surface area contributed by atoms with Crippen LogP contribution in [0.3, 0.4) is 0 Å². The van der Waals surface area contributed by atoms with Crippen molar-refractivity contribution in [2.24, 2.45) is 0 Å². The van der Waals surface area contributed by atoms with Gasteiger partial charge in [0.1, 0.15) is 5.82 Å². The van der Waals surface area contributed by atoms with E-state index in [-0.39, 0.29) is 0 Å². The average Bonchev–Trinajstić information content (AvgIpc) is 3.30. The molecule has 158 valence electrons. The third kappa shape index (κ3) is 4.33. The first-order chi connectivity index (χ1) is 15.2. The summed E-state index contributed by atoms with van der Waals surface area (Å²) in [7, 11) is 0. The summed E-state index contributed by atoms with van der Waals surface area (Å²) in [5, 5.41) is 16.0. The summed E-state index contributed by atoms with van der Waals surface area (Å²) in [5.74, 6) is 1.79. The van der Waals surface area contributed by atoms with E-state index >= 15 is 0 Å². The minimum atomic E-state index is 0.387. The molecule has 0 radical (unpaired) electrons. The Balaban J connectivity index is 1.40. The van der Waals surface area contributed by atoms with Crippen LogP contribution in [0.1, 0.15) is 25.3 Å². The van der Waals surface area contributed by atoms with Gasteiger partial charge in [0.15, 0.2) is 10.9 Å². The van der Waals surface area contributed by atoms with E-state index in [1.54, 1.807) is 17.5 Å². The molecule has 0 unspecified atom stereocenters. The number of nitrogens with one attached hydrogen (secondary N) is 2. The Kier molecular flexibility index (Phi) is 5.44. The summed E-state index contributed by atoms with van der Waals surface area (Å²) in [6.07, 6.45) is 5.62. The van der Waals surface area contributed by atoms with Crippen molar-refractivity contribution in [3.63, 3.8) is 0 Å². The van der Waals surface area contributed by atoms with Crippen LogP contribution in [-0.2, 0) is 0 Å². The van der Waals surface area contributed by atoms with E-state index in [1.807, 2.05) is 30.6 Å². The van der Waals surface area contributed by atoms with Crippen molar-refractivity contribution in [3.8, 4) is 10.4 Å². The van der Waals surface area contributed by atoms with Gasteiger partial charge in [0, 0.05) is 44.1 Å². The maximum absolute atomic E-state index is 4.75. The predicted molar refractivity (Wildman–Crippen MR) is 125 cm³/mol. The fraction of sp³-hybridized carbons (Fsp3) is 0.318. The van der Waals surface area contributed by atoms with Gasteiger partial charge in [0.25, 0.3) is 0 Å². The van der Waals surface area contributed by atoms with Gasteiger partial charge in [0.2, 0.25) is 0 Å². The molecule has 1 saturated heterocycles. The van der Waals surface area contributed by atoms with Crippen LogP contribution in [0.5, 0.6) is 0 Å². The zero-order valence-corrected chi connectivity index (χ0v) is 18.4. The van der Waals surface area contributed by atoms with Crippen LogP contribution in [0.2, 0.25) is 0 Å². The highest BCUT2D eigenvalue weighted by Gasteiger charge is 2.15. The van der Waals surface area contributed by atoms with Gasteiger partial charge in [-0.1, -0.05) is 25.2 Å². The molecular formula is C22H24N8S. The van der Waals surface area contributed by atoms with Gasteiger partial charge in [-0.3, -0.25) is 4.98 Å². The zero-order valence-electron chi connectivity index (χ0n) is 17.5. The summed E-state index contributed by atoms with van der Waals surface area (Å²) >= 11 is 1.70. The van der Waals surface area contributed by atoms with Gasteiger partial charge in [-0.05, 0) is 35.7 Å². The lowest BCUT2D eigenvalue weighted by molar-refractivity contribution is 0.588. The molecule has 0 atom stereocenters. The lowest BCUT2D eigenvalue weighted by Gasteiger charge is -2.26. The van der Waals surface area contributed by atoms with E-state index in [1.165, 1.54) is 0 Å². The fourth-order valence-electron chi connectivity index (χ4n) is 3.50. The van der Waals surface area contributed by atoms with Crippen LogP contribution in [0.15, 0.2) is 42.9 Å². The summed E-state index contributed by atoms with van der Waals surface area (Å²) in [5.41, 5.74) is 3.83. The SMILES string of the molecule is CC(C)c1cnnc(Nc2ccc3ncc(-c4cnc(N5CCNCC5)s4)cc3n2)c1. The summed E-state index contributed by atoms with van der Waals surface area (Å²) in [4.78, 5) is 17.4. The highest BCUT2D eigenvalue weighted by Crippen LogP contribution is 2.32. The topological polar surface area (TPSA) is 91.8 Å².